The van der Waals surface area contributed by atoms with Crippen LogP contribution < -0.4 is 15.0 Å². The summed E-state index contributed by atoms with van der Waals surface area (Å²) < 4.78 is 15.8. The van der Waals surface area contributed by atoms with E-state index < -0.39 is 0 Å². The fourth-order valence-corrected chi connectivity index (χ4v) is 5.62. The number of aryl methyl sites for hydroxylation is 1. The van der Waals surface area contributed by atoms with Crippen LogP contribution in [0.15, 0.2) is 90.0 Å². The third kappa shape index (κ3) is 5.66. The molecule has 198 valence electrons. The van der Waals surface area contributed by atoms with Gasteiger partial charge in [-0.05, 0) is 79.4 Å². The van der Waals surface area contributed by atoms with Crippen LogP contribution in [-0.2, 0) is 13.0 Å². The minimum absolute atomic E-state index is 0.232. The Bertz CT molecular complexity index is 1780. The van der Waals surface area contributed by atoms with E-state index in [9.17, 15) is 4.79 Å². The Morgan fingerprint density at radius 3 is 2.51 bits per heavy atom. The van der Waals surface area contributed by atoms with E-state index in [4.69, 9.17) is 9.47 Å². The average molecular weight is 714 g/mol. The third-order valence-corrected chi connectivity index (χ3v) is 8.85. The van der Waals surface area contributed by atoms with Gasteiger partial charge in [-0.2, -0.15) is 9.78 Å². The number of rotatable bonds is 8. The monoisotopic (exact) mass is 711 g/mol. The van der Waals surface area contributed by atoms with Crippen LogP contribution in [0.5, 0.6) is 11.5 Å². The molecule has 39 heavy (non-hydrogen) atoms. The van der Waals surface area contributed by atoms with E-state index >= 15 is 0 Å². The zero-order valence-electron chi connectivity index (χ0n) is 21.2. The Labute approximate surface area is 251 Å². The van der Waals surface area contributed by atoms with Gasteiger partial charge in [0.25, 0.3) is 5.56 Å². The van der Waals surface area contributed by atoms with Crippen molar-refractivity contribution in [2.75, 3.05) is 6.61 Å². The average Bonchev–Trinajstić information content (AvgIpc) is 2.95. The summed E-state index contributed by atoms with van der Waals surface area (Å²) in [5, 5.41) is 7.34. The van der Waals surface area contributed by atoms with Crippen molar-refractivity contribution in [1.82, 2.24) is 9.66 Å². The second-order valence-electron chi connectivity index (χ2n) is 8.69. The van der Waals surface area contributed by atoms with Crippen LogP contribution in [-0.4, -0.2) is 22.5 Å². The Kier molecular flexibility index (Phi) is 8.49. The standard InChI is InChI=1S/C30H24Br3N3O3/c1-3-26-35-24-13-12-21(31)15-23(24)30(37)36(26)34-16-20-14-25(38-4-2)29(28(33)27(20)32)39-17-19-10-7-9-18-8-5-6-11-22(18)19/h5-16H,3-4,17H2,1-2H3. The minimum atomic E-state index is -0.232. The number of benzene rings is 4. The molecule has 5 aromatic rings. The van der Waals surface area contributed by atoms with Crippen molar-refractivity contribution in [3.05, 3.63) is 107 Å². The maximum absolute atomic E-state index is 13.3. The summed E-state index contributed by atoms with van der Waals surface area (Å²) >= 11 is 10.8. The smallest absolute Gasteiger partial charge is 0.282 e. The van der Waals surface area contributed by atoms with Crippen molar-refractivity contribution in [2.24, 2.45) is 5.10 Å². The number of hydrogen-bond acceptors (Lipinski definition) is 5. The van der Waals surface area contributed by atoms with E-state index in [0.717, 1.165) is 25.3 Å². The fraction of sp³-hybridized carbons (Fsp3) is 0.167. The Morgan fingerprint density at radius 2 is 1.72 bits per heavy atom. The third-order valence-electron chi connectivity index (χ3n) is 6.21. The zero-order valence-corrected chi connectivity index (χ0v) is 26.0. The molecule has 1 heterocycles. The van der Waals surface area contributed by atoms with Gasteiger partial charge in [0, 0.05) is 20.9 Å². The molecule has 9 heteroatoms. The number of aromatic nitrogens is 2. The molecule has 0 spiro atoms. The van der Waals surface area contributed by atoms with E-state index in [0.29, 0.717) is 57.9 Å². The molecule has 0 aliphatic carbocycles. The second kappa shape index (κ2) is 12.0. The van der Waals surface area contributed by atoms with Gasteiger partial charge in [-0.15, -0.1) is 0 Å². The van der Waals surface area contributed by atoms with Crippen LogP contribution in [0.3, 0.4) is 0 Å². The highest BCUT2D eigenvalue weighted by Crippen LogP contribution is 2.43. The minimum Gasteiger partial charge on any atom is -0.490 e. The summed E-state index contributed by atoms with van der Waals surface area (Å²) in [7, 11) is 0. The number of halogens is 3. The molecule has 4 aromatic carbocycles. The van der Waals surface area contributed by atoms with Gasteiger partial charge in [-0.3, -0.25) is 4.79 Å². The molecule has 6 nitrogen and oxygen atoms in total. The molecule has 0 aliphatic rings. The van der Waals surface area contributed by atoms with E-state index in [2.05, 4.69) is 82.1 Å². The highest BCUT2D eigenvalue weighted by atomic mass is 79.9. The topological polar surface area (TPSA) is 65.7 Å². The first kappa shape index (κ1) is 27.6. The van der Waals surface area contributed by atoms with Crippen LogP contribution in [0.25, 0.3) is 21.7 Å². The van der Waals surface area contributed by atoms with Crippen LogP contribution in [0.2, 0.25) is 0 Å². The van der Waals surface area contributed by atoms with Gasteiger partial charge in [0.05, 0.1) is 28.2 Å². The summed E-state index contributed by atoms with van der Waals surface area (Å²) in [6, 6.07) is 21.7. The van der Waals surface area contributed by atoms with Crippen LogP contribution in [0.1, 0.15) is 30.8 Å². The van der Waals surface area contributed by atoms with Gasteiger partial charge in [-0.1, -0.05) is 65.3 Å². The summed E-state index contributed by atoms with van der Waals surface area (Å²) in [6.45, 7) is 4.69. The highest BCUT2D eigenvalue weighted by Gasteiger charge is 2.18. The Hall–Kier alpha value is -3.01. The predicted molar refractivity (Wildman–Crippen MR) is 167 cm³/mol. The molecule has 0 radical (unpaired) electrons. The maximum Gasteiger partial charge on any atom is 0.282 e. The van der Waals surface area contributed by atoms with Crippen LogP contribution >= 0.6 is 47.8 Å². The number of ether oxygens (including phenoxy) is 2. The summed E-state index contributed by atoms with van der Waals surface area (Å²) in [4.78, 5) is 17.9. The molecule has 0 aliphatic heterocycles. The van der Waals surface area contributed by atoms with Crippen molar-refractivity contribution in [2.45, 2.75) is 26.9 Å². The lowest BCUT2D eigenvalue weighted by molar-refractivity contribution is 0.268. The molecule has 1 aromatic heterocycles. The number of hydrogen-bond donors (Lipinski definition) is 0. The van der Waals surface area contributed by atoms with Crippen LogP contribution in [0.4, 0.5) is 0 Å². The molecule has 0 N–H and O–H groups in total. The summed E-state index contributed by atoms with van der Waals surface area (Å²) in [6.07, 6.45) is 2.17. The molecule has 0 atom stereocenters. The predicted octanol–water partition coefficient (Wildman–Crippen LogP) is 8.26. The highest BCUT2D eigenvalue weighted by molar-refractivity contribution is 9.13. The van der Waals surface area contributed by atoms with E-state index in [1.807, 2.05) is 50.2 Å². The lowest BCUT2D eigenvalue weighted by atomic mass is 10.1. The molecular weight excluding hydrogens is 690 g/mol. The number of fused-ring (bicyclic) bond motifs is 2. The quantitative estimate of drug-likeness (QED) is 0.152. The maximum atomic E-state index is 13.3. The van der Waals surface area contributed by atoms with E-state index in [-0.39, 0.29) is 5.56 Å². The summed E-state index contributed by atoms with van der Waals surface area (Å²) in [5.74, 6) is 1.72. The Balaban J connectivity index is 1.52. The fourth-order valence-electron chi connectivity index (χ4n) is 4.33. The van der Waals surface area contributed by atoms with Gasteiger partial charge in [0.15, 0.2) is 11.5 Å². The van der Waals surface area contributed by atoms with Gasteiger partial charge < -0.3 is 9.47 Å². The molecule has 0 saturated carbocycles. The van der Waals surface area contributed by atoms with Crippen molar-refractivity contribution < 1.29 is 9.47 Å². The zero-order chi connectivity index (χ0) is 27.5. The second-order valence-corrected chi connectivity index (χ2v) is 11.2. The molecule has 0 bridgehead atoms. The van der Waals surface area contributed by atoms with Crippen molar-refractivity contribution in [3.63, 3.8) is 0 Å². The molecule has 0 saturated heterocycles. The SMILES string of the molecule is CCOc1cc(C=Nn2c(CC)nc3ccc(Br)cc3c2=O)c(Br)c(Br)c1OCc1cccc2ccccc12. The lowest BCUT2D eigenvalue weighted by Crippen LogP contribution is -2.22. The van der Waals surface area contributed by atoms with Gasteiger partial charge in [-0.25, -0.2) is 4.98 Å². The summed E-state index contributed by atoms with van der Waals surface area (Å²) in [5.41, 5.74) is 2.20. The normalized spacial score (nSPS) is 11.5. The molecule has 5 rings (SSSR count). The van der Waals surface area contributed by atoms with Crippen LogP contribution in [0, 0.1) is 0 Å². The first-order valence-electron chi connectivity index (χ1n) is 12.4. The molecule has 0 amide bonds. The molecule has 0 fully saturated rings. The number of nitrogens with zero attached hydrogens (tertiary/aromatic N) is 3. The lowest BCUT2D eigenvalue weighted by Gasteiger charge is -2.17. The first-order valence-corrected chi connectivity index (χ1v) is 14.8. The van der Waals surface area contributed by atoms with Crippen molar-refractivity contribution in [3.8, 4) is 11.5 Å². The van der Waals surface area contributed by atoms with Crippen molar-refractivity contribution in [1.29, 1.82) is 0 Å². The van der Waals surface area contributed by atoms with Gasteiger partial charge in [0.1, 0.15) is 12.4 Å². The Morgan fingerprint density at radius 1 is 0.923 bits per heavy atom. The molecule has 0 unspecified atom stereocenters. The molecular formula is C30H24Br3N3O3. The van der Waals surface area contributed by atoms with E-state index in [1.165, 1.54) is 4.68 Å². The van der Waals surface area contributed by atoms with Gasteiger partial charge >= 0.3 is 0 Å². The van der Waals surface area contributed by atoms with E-state index in [1.54, 1.807) is 12.3 Å². The van der Waals surface area contributed by atoms with Gasteiger partial charge in [0.2, 0.25) is 0 Å². The first-order chi connectivity index (χ1) is 18.9. The van der Waals surface area contributed by atoms with Crippen molar-refractivity contribution >= 4 is 75.7 Å². The largest absolute Gasteiger partial charge is 0.490 e.